The van der Waals surface area contributed by atoms with Crippen molar-refractivity contribution in [2.45, 2.75) is 13.0 Å². The summed E-state index contributed by atoms with van der Waals surface area (Å²) >= 11 is 7.58. The topological polar surface area (TPSA) is 50.4 Å². The van der Waals surface area contributed by atoms with Gasteiger partial charge in [-0.1, -0.05) is 41.9 Å². The molecule has 0 aliphatic heterocycles. The second-order valence-electron chi connectivity index (χ2n) is 5.70. The average Bonchev–Trinajstić information content (AvgIpc) is 3.15. The van der Waals surface area contributed by atoms with Crippen molar-refractivity contribution in [1.82, 2.24) is 5.32 Å². The highest BCUT2D eigenvalue weighted by Crippen LogP contribution is 2.16. The van der Waals surface area contributed by atoms with Crippen LogP contribution in [0.25, 0.3) is 0 Å². The molecule has 0 fully saturated rings. The first kappa shape index (κ1) is 26.7. The Morgan fingerprint density at radius 1 is 0.964 bits per heavy atom. The van der Waals surface area contributed by atoms with E-state index in [1.807, 2.05) is 47.8 Å². The third-order valence-electron chi connectivity index (χ3n) is 3.77. The second kappa shape index (κ2) is 13.8. The molecule has 0 aliphatic carbocycles. The van der Waals surface area contributed by atoms with E-state index in [9.17, 15) is 0 Å². The molecular weight excluding hydrogens is 456 g/mol. The summed E-state index contributed by atoms with van der Waals surface area (Å²) in [6, 6.07) is 20.1. The normalized spacial score (nSPS) is 10.4. The lowest BCUT2D eigenvalue weighted by Crippen LogP contribution is -2.16. The molecule has 0 aliphatic rings. The predicted octanol–water partition coefficient (Wildman–Crippen LogP) is 6.04. The zero-order valence-electron chi connectivity index (χ0n) is 15.0. The van der Waals surface area contributed by atoms with E-state index in [4.69, 9.17) is 17.3 Å². The summed E-state index contributed by atoms with van der Waals surface area (Å²) in [5, 5.41) is 6.21. The Hall–Kier alpha value is -1.27. The van der Waals surface area contributed by atoms with Crippen molar-refractivity contribution in [3.63, 3.8) is 0 Å². The van der Waals surface area contributed by atoms with Crippen LogP contribution in [0.3, 0.4) is 0 Å². The van der Waals surface area contributed by atoms with Crippen LogP contribution in [0, 0.1) is 0 Å². The number of amidine groups is 1. The van der Waals surface area contributed by atoms with Crippen molar-refractivity contribution < 1.29 is 0 Å². The Kier molecular flexibility index (Phi) is 13.2. The fourth-order valence-corrected chi connectivity index (χ4v) is 3.31. The number of aliphatic imine (C=N–C) groups is 1. The van der Waals surface area contributed by atoms with Gasteiger partial charge in [0.15, 0.2) is 0 Å². The zero-order chi connectivity index (χ0) is 17.5. The molecule has 3 aromatic rings. The van der Waals surface area contributed by atoms with Gasteiger partial charge in [0.05, 0.1) is 10.6 Å². The smallest absolute Gasteiger partial charge is 0.141 e. The fraction of sp³-hybridized carbons (Fsp3) is 0.150. The summed E-state index contributed by atoms with van der Waals surface area (Å²) in [7, 11) is 0. The fourth-order valence-electron chi connectivity index (χ4n) is 2.47. The lowest BCUT2D eigenvalue weighted by Gasteiger charge is -2.06. The molecule has 3 N–H and O–H groups in total. The molecule has 0 saturated carbocycles. The first-order valence-electron chi connectivity index (χ1n) is 8.13. The van der Waals surface area contributed by atoms with Crippen molar-refractivity contribution in [2.75, 3.05) is 6.54 Å². The van der Waals surface area contributed by atoms with Gasteiger partial charge in [-0.25, -0.2) is 4.99 Å². The largest absolute Gasteiger partial charge is 0.383 e. The number of nitrogens with two attached hydrogens (primary N) is 1. The third kappa shape index (κ3) is 8.39. The molecule has 0 spiro atoms. The van der Waals surface area contributed by atoms with Crippen LogP contribution in [0.2, 0.25) is 5.02 Å². The molecule has 2 aromatic carbocycles. The lowest BCUT2D eigenvalue weighted by molar-refractivity contribution is 0.687. The summed E-state index contributed by atoms with van der Waals surface area (Å²) in [4.78, 5) is 5.46. The van der Waals surface area contributed by atoms with E-state index < -0.39 is 0 Å². The lowest BCUT2D eigenvalue weighted by atomic mass is 10.1. The highest BCUT2D eigenvalue weighted by molar-refractivity contribution is 7.12. The van der Waals surface area contributed by atoms with Gasteiger partial charge in [-0.3, -0.25) is 0 Å². The summed E-state index contributed by atoms with van der Waals surface area (Å²) in [5.74, 6) is 0.561. The van der Waals surface area contributed by atoms with Crippen molar-refractivity contribution in [1.29, 1.82) is 0 Å². The molecule has 1 heterocycles. The molecular formula is C20H23Cl4N3S. The van der Waals surface area contributed by atoms with E-state index in [1.54, 1.807) is 11.3 Å². The molecule has 152 valence electrons. The number of thiophene rings is 1. The minimum atomic E-state index is 0. The van der Waals surface area contributed by atoms with Gasteiger partial charge < -0.3 is 11.1 Å². The van der Waals surface area contributed by atoms with E-state index in [0.29, 0.717) is 5.84 Å². The van der Waals surface area contributed by atoms with Gasteiger partial charge in [-0.15, -0.1) is 48.6 Å². The Morgan fingerprint density at radius 3 is 2.36 bits per heavy atom. The van der Waals surface area contributed by atoms with E-state index in [1.165, 1.54) is 11.1 Å². The van der Waals surface area contributed by atoms with Crippen LogP contribution in [0.4, 0.5) is 5.69 Å². The van der Waals surface area contributed by atoms with Crippen LogP contribution >= 0.6 is 60.2 Å². The van der Waals surface area contributed by atoms with Gasteiger partial charge in [0.2, 0.25) is 0 Å². The summed E-state index contributed by atoms with van der Waals surface area (Å²) in [5.41, 5.74) is 9.36. The Bertz CT molecular complexity index is 837. The Labute approximate surface area is 193 Å². The molecule has 0 unspecified atom stereocenters. The van der Waals surface area contributed by atoms with Crippen LogP contribution in [0.15, 0.2) is 71.0 Å². The highest BCUT2D eigenvalue weighted by Gasteiger charge is 2.00. The summed E-state index contributed by atoms with van der Waals surface area (Å²) < 4.78 is 0. The summed E-state index contributed by atoms with van der Waals surface area (Å²) in [6.45, 7) is 1.73. The number of nitrogens with zero attached hydrogens (tertiary/aromatic N) is 1. The van der Waals surface area contributed by atoms with Gasteiger partial charge in [-0.2, -0.15) is 0 Å². The zero-order valence-corrected chi connectivity index (χ0v) is 19.0. The molecule has 0 amide bonds. The maximum Gasteiger partial charge on any atom is 0.141 e. The minimum absolute atomic E-state index is 0. The van der Waals surface area contributed by atoms with Gasteiger partial charge in [-0.05, 0) is 59.8 Å². The van der Waals surface area contributed by atoms with Gasteiger partial charge in [0.25, 0.3) is 0 Å². The van der Waals surface area contributed by atoms with Crippen molar-refractivity contribution in [3.05, 3.63) is 87.1 Å². The Balaban J connectivity index is 0.00000243. The van der Waals surface area contributed by atoms with Gasteiger partial charge in [0, 0.05) is 11.6 Å². The molecule has 28 heavy (non-hydrogen) atoms. The van der Waals surface area contributed by atoms with Crippen molar-refractivity contribution >= 4 is 71.7 Å². The van der Waals surface area contributed by atoms with E-state index in [0.717, 1.165) is 35.1 Å². The number of hydrogen-bond acceptors (Lipinski definition) is 3. The highest BCUT2D eigenvalue weighted by atomic mass is 35.5. The molecule has 0 bridgehead atoms. The number of benzene rings is 2. The number of halogens is 4. The molecule has 0 radical (unpaired) electrons. The third-order valence-corrected chi connectivity index (χ3v) is 4.90. The van der Waals surface area contributed by atoms with E-state index in [2.05, 4.69) is 28.5 Å². The first-order valence-corrected chi connectivity index (χ1v) is 9.38. The molecule has 8 heteroatoms. The maximum absolute atomic E-state index is 6.01. The summed E-state index contributed by atoms with van der Waals surface area (Å²) in [6.07, 6.45) is 0.963. The average molecular weight is 479 g/mol. The van der Waals surface area contributed by atoms with E-state index in [-0.39, 0.29) is 37.2 Å². The molecule has 0 atom stereocenters. The van der Waals surface area contributed by atoms with Crippen LogP contribution in [-0.2, 0) is 13.0 Å². The number of hydrogen-bond donors (Lipinski definition) is 2. The van der Waals surface area contributed by atoms with Crippen LogP contribution < -0.4 is 11.1 Å². The minimum Gasteiger partial charge on any atom is -0.383 e. The van der Waals surface area contributed by atoms with Crippen LogP contribution in [0.1, 0.15) is 16.0 Å². The number of nitrogens with one attached hydrogen (secondary N) is 1. The first-order chi connectivity index (χ1) is 12.2. The van der Waals surface area contributed by atoms with E-state index >= 15 is 0 Å². The van der Waals surface area contributed by atoms with Gasteiger partial charge in [0.1, 0.15) is 5.84 Å². The van der Waals surface area contributed by atoms with Crippen molar-refractivity contribution in [3.8, 4) is 0 Å². The predicted molar refractivity (Wildman–Crippen MR) is 130 cm³/mol. The van der Waals surface area contributed by atoms with Gasteiger partial charge >= 0.3 is 0 Å². The monoisotopic (exact) mass is 477 g/mol. The van der Waals surface area contributed by atoms with Crippen molar-refractivity contribution in [2.24, 2.45) is 10.7 Å². The molecule has 3 nitrogen and oxygen atoms in total. The number of rotatable bonds is 7. The molecule has 3 rings (SSSR count). The quantitative estimate of drug-likeness (QED) is 0.247. The standard InChI is InChI=1S/C20H20ClN3S.3ClH/c21-17-4-1-3-16(13-17)14-23-11-10-15-6-8-18(9-7-15)24-20(22)19-5-2-12-25-19;;;/h1-9,12-13,23H,10-11,14H2,(H2,22,24);3*1H. The molecule has 1 aromatic heterocycles. The second-order valence-corrected chi connectivity index (χ2v) is 7.08. The maximum atomic E-state index is 6.01. The SMILES string of the molecule is Cl.Cl.Cl.NC(=Nc1ccc(CCNCc2cccc(Cl)c2)cc1)c1cccs1. The van der Waals surface area contributed by atoms with Crippen LogP contribution in [-0.4, -0.2) is 12.4 Å². The molecule has 0 saturated heterocycles. The van der Waals surface area contributed by atoms with Crippen LogP contribution in [0.5, 0.6) is 0 Å². The Morgan fingerprint density at radius 2 is 1.71 bits per heavy atom.